The maximum Gasteiger partial charge on any atom is 0.246 e. The highest BCUT2D eigenvalue weighted by atomic mass is 19.1. The summed E-state index contributed by atoms with van der Waals surface area (Å²) in [7, 11) is 1.67. The largest absolute Gasteiger partial charge is 0.356 e. The number of aliphatic imine (C=N–C) groups is 1. The fourth-order valence-electron chi connectivity index (χ4n) is 3.05. The number of para-hydroxylation sites is 1. The average Bonchev–Trinajstić information content (AvgIpc) is 3.10. The van der Waals surface area contributed by atoms with Crippen molar-refractivity contribution in [3.8, 4) is 0 Å². The van der Waals surface area contributed by atoms with Crippen LogP contribution in [0.4, 0.5) is 10.1 Å². The molecule has 1 aliphatic heterocycles. The summed E-state index contributed by atoms with van der Waals surface area (Å²) >= 11 is 0. The van der Waals surface area contributed by atoms with Crippen molar-refractivity contribution in [1.82, 2.24) is 10.6 Å². The lowest BCUT2D eigenvalue weighted by atomic mass is 10.1. The van der Waals surface area contributed by atoms with Crippen LogP contribution in [0.15, 0.2) is 53.5 Å². The standard InChI is InChI=1S/C20H23FN4O/c1-22-20(23-12-10-15-6-8-17(21)9-7-15)24-14-19(26)25-13-11-16-4-2-3-5-18(16)25/h2-9H,10-14H2,1H3,(H2,22,23,24). The highest BCUT2D eigenvalue weighted by Gasteiger charge is 2.23. The van der Waals surface area contributed by atoms with Gasteiger partial charge in [0.2, 0.25) is 5.91 Å². The Morgan fingerprint density at radius 3 is 2.69 bits per heavy atom. The van der Waals surface area contributed by atoms with E-state index in [0.717, 1.165) is 30.6 Å². The van der Waals surface area contributed by atoms with E-state index in [0.29, 0.717) is 12.5 Å². The predicted molar refractivity (Wildman–Crippen MR) is 102 cm³/mol. The van der Waals surface area contributed by atoms with Crippen molar-refractivity contribution in [2.75, 3.05) is 31.6 Å². The molecule has 0 fully saturated rings. The minimum Gasteiger partial charge on any atom is -0.356 e. The Kier molecular flexibility index (Phi) is 5.84. The number of guanidine groups is 1. The molecule has 2 N–H and O–H groups in total. The molecular weight excluding hydrogens is 331 g/mol. The Morgan fingerprint density at radius 2 is 1.92 bits per heavy atom. The first-order chi connectivity index (χ1) is 12.7. The molecule has 2 aromatic rings. The van der Waals surface area contributed by atoms with Gasteiger partial charge in [-0.15, -0.1) is 0 Å². The molecule has 0 saturated heterocycles. The Balaban J connectivity index is 1.45. The molecule has 0 aliphatic carbocycles. The van der Waals surface area contributed by atoms with Crippen molar-refractivity contribution in [3.05, 3.63) is 65.5 Å². The van der Waals surface area contributed by atoms with Gasteiger partial charge in [-0.3, -0.25) is 9.79 Å². The van der Waals surface area contributed by atoms with E-state index in [4.69, 9.17) is 0 Å². The zero-order valence-electron chi connectivity index (χ0n) is 14.8. The number of rotatable bonds is 5. The van der Waals surface area contributed by atoms with E-state index in [-0.39, 0.29) is 18.3 Å². The van der Waals surface area contributed by atoms with Gasteiger partial charge in [0.1, 0.15) is 5.82 Å². The van der Waals surface area contributed by atoms with Crippen LogP contribution >= 0.6 is 0 Å². The number of halogens is 1. The van der Waals surface area contributed by atoms with Crippen LogP contribution < -0.4 is 15.5 Å². The number of fused-ring (bicyclic) bond motifs is 1. The van der Waals surface area contributed by atoms with E-state index in [2.05, 4.69) is 21.7 Å². The van der Waals surface area contributed by atoms with Crippen molar-refractivity contribution in [2.24, 2.45) is 4.99 Å². The summed E-state index contributed by atoms with van der Waals surface area (Å²) < 4.78 is 12.9. The summed E-state index contributed by atoms with van der Waals surface area (Å²) in [6.07, 6.45) is 1.64. The van der Waals surface area contributed by atoms with Gasteiger partial charge < -0.3 is 15.5 Å². The van der Waals surface area contributed by atoms with Crippen LogP contribution in [-0.4, -0.2) is 38.5 Å². The predicted octanol–water partition coefficient (Wildman–Crippen LogP) is 2.12. The van der Waals surface area contributed by atoms with Gasteiger partial charge in [0.15, 0.2) is 5.96 Å². The van der Waals surface area contributed by atoms with E-state index >= 15 is 0 Å². The van der Waals surface area contributed by atoms with E-state index in [1.54, 1.807) is 19.2 Å². The second-order valence-electron chi connectivity index (χ2n) is 6.15. The fourth-order valence-corrected chi connectivity index (χ4v) is 3.05. The molecule has 0 unspecified atom stereocenters. The number of nitrogens with one attached hydrogen (secondary N) is 2. The van der Waals surface area contributed by atoms with Crippen molar-refractivity contribution in [2.45, 2.75) is 12.8 Å². The van der Waals surface area contributed by atoms with Crippen LogP contribution in [0.1, 0.15) is 11.1 Å². The lowest BCUT2D eigenvalue weighted by Gasteiger charge is -2.18. The summed E-state index contributed by atoms with van der Waals surface area (Å²) in [5.41, 5.74) is 3.25. The summed E-state index contributed by atoms with van der Waals surface area (Å²) in [5, 5.41) is 6.23. The van der Waals surface area contributed by atoms with Gasteiger partial charge in [0, 0.05) is 25.8 Å². The zero-order chi connectivity index (χ0) is 18.4. The molecule has 0 saturated carbocycles. The highest BCUT2D eigenvalue weighted by molar-refractivity contribution is 5.98. The molecular formula is C20H23FN4O. The van der Waals surface area contributed by atoms with Crippen LogP contribution in [0, 0.1) is 5.82 Å². The molecule has 0 spiro atoms. The number of amides is 1. The van der Waals surface area contributed by atoms with Gasteiger partial charge in [-0.05, 0) is 42.2 Å². The van der Waals surface area contributed by atoms with Crippen molar-refractivity contribution in [1.29, 1.82) is 0 Å². The molecule has 1 heterocycles. The third-order valence-electron chi connectivity index (χ3n) is 4.44. The Morgan fingerprint density at radius 1 is 1.15 bits per heavy atom. The van der Waals surface area contributed by atoms with E-state index in [9.17, 15) is 9.18 Å². The van der Waals surface area contributed by atoms with Crippen molar-refractivity contribution >= 4 is 17.6 Å². The molecule has 0 radical (unpaired) electrons. The van der Waals surface area contributed by atoms with E-state index in [1.807, 2.05) is 23.1 Å². The molecule has 2 aromatic carbocycles. The molecule has 5 nitrogen and oxygen atoms in total. The van der Waals surface area contributed by atoms with Gasteiger partial charge in [-0.2, -0.15) is 0 Å². The number of carbonyl (C=O) groups excluding carboxylic acids is 1. The number of benzene rings is 2. The van der Waals surface area contributed by atoms with Crippen LogP contribution in [0.2, 0.25) is 0 Å². The number of hydrogen-bond acceptors (Lipinski definition) is 2. The third-order valence-corrected chi connectivity index (χ3v) is 4.44. The summed E-state index contributed by atoms with van der Waals surface area (Å²) in [6, 6.07) is 14.4. The van der Waals surface area contributed by atoms with Crippen molar-refractivity contribution in [3.63, 3.8) is 0 Å². The molecule has 0 aromatic heterocycles. The second-order valence-corrected chi connectivity index (χ2v) is 6.15. The number of nitrogens with zero attached hydrogens (tertiary/aromatic N) is 2. The van der Waals surface area contributed by atoms with E-state index in [1.165, 1.54) is 17.7 Å². The van der Waals surface area contributed by atoms with Crippen LogP contribution in [-0.2, 0) is 17.6 Å². The normalized spacial score (nSPS) is 13.5. The molecule has 26 heavy (non-hydrogen) atoms. The molecule has 0 bridgehead atoms. The van der Waals surface area contributed by atoms with Gasteiger partial charge in [-0.1, -0.05) is 30.3 Å². The molecule has 6 heteroatoms. The lowest BCUT2D eigenvalue weighted by Crippen LogP contribution is -2.44. The minimum atomic E-state index is -0.235. The SMILES string of the molecule is CN=C(NCCc1ccc(F)cc1)NCC(=O)N1CCc2ccccc21. The van der Waals surface area contributed by atoms with Crippen LogP contribution in [0.5, 0.6) is 0 Å². The van der Waals surface area contributed by atoms with Gasteiger partial charge in [0.25, 0.3) is 0 Å². The van der Waals surface area contributed by atoms with Crippen LogP contribution in [0.25, 0.3) is 0 Å². The molecule has 1 aliphatic rings. The van der Waals surface area contributed by atoms with Crippen molar-refractivity contribution < 1.29 is 9.18 Å². The van der Waals surface area contributed by atoms with Gasteiger partial charge >= 0.3 is 0 Å². The lowest BCUT2D eigenvalue weighted by molar-refractivity contribution is -0.117. The maximum atomic E-state index is 12.9. The monoisotopic (exact) mass is 354 g/mol. The Labute approximate surface area is 152 Å². The van der Waals surface area contributed by atoms with Gasteiger partial charge in [0.05, 0.1) is 6.54 Å². The average molecular weight is 354 g/mol. The maximum absolute atomic E-state index is 12.9. The first-order valence-electron chi connectivity index (χ1n) is 8.74. The minimum absolute atomic E-state index is 0.0245. The van der Waals surface area contributed by atoms with Gasteiger partial charge in [-0.25, -0.2) is 4.39 Å². The zero-order valence-corrected chi connectivity index (χ0v) is 14.8. The molecule has 0 atom stereocenters. The topological polar surface area (TPSA) is 56.7 Å². The molecule has 136 valence electrons. The smallest absolute Gasteiger partial charge is 0.246 e. The molecule has 3 rings (SSSR count). The third kappa shape index (κ3) is 4.39. The molecule has 1 amide bonds. The first-order valence-corrected chi connectivity index (χ1v) is 8.74. The number of hydrogen-bond donors (Lipinski definition) is 2. The Hall–Kier alpha value is -2.89. The first kappa shape index (κ1) is 17.9. The highest BCUT2D eigenvalue weighted by Crippen LogP contribution is 2.27. The van der Waals surface area contributed by atoms with Crippen LogP contribution in [0.3, 0.4) is 0 Å². The second kappa shape index (κ2) is 8.47. The summed E-state index contributed by atoms with van der Waals surface area (Å²) in [4.78, 5) is 18.5. The Bertz CT molecular complexity index is 789. The van der Waals surface area contributed by atoms with E-state index < -0.39 is 0 Å². The summed E-state index contributed by atoms with van der Waals surface area (Å²) in [6.45, 7) is 1.55. The number of anilines is 1. The quantitative estimate of drug-likeness (QED) is 0.639. The fraction of sp³-hybridized carbons (Fsp3) is 0.300. The number of carbonyl (C=O) groups is 1. The summed E-state index contributed by atoms with van der Waals surface area (Å²) in [5.74, 6) is 0.366.